The molecule has 0 spiro atoms. The van der Waals surface area contributed by atoms with Crippen molar-refractivity contribution in [3.63, 3.8) is 0 Å². The molecule has 10 nitrogen and oxygen atoms in total. The third-order valence-corrected chi connectivity index (χ3v) is 8.54. The summed E-state index contributed by atoms with van der Waals surface area (Å²) in [6.45, 7) is 2.34. The van der Waals surface area contributed by atoms with E-state index >= 15 is 0 Å². The number of nitrogens with zero attached hydrogens (tertiary/aromatic N) is 3. The minimum absolute atomic E-state index is 0.00790. The van der Waals surface area contributed by atoms with E-state index in [0.29, 0.717) is 0 Å². The van der Waals surface area contributed by atoms with Crippen LogP contribution in [0.25, 0.3) is 44.9 Å². The molecule has 0 bridgehead atoms. The highest BCUT2D eigenvalue weighted by Gasteiger charge is 2.27. The van der Waals surface area contributed by atoms with Crippen molar-refractivity contribution in [3.05, 3.63) is 132 Å². The molecule has 2 aromatic carbocycles. The molecule has 1 atom stereocenters. The molecule has 0 radical (unpaired) electrons. The fourth-order valence-corrected chi connectivity index (χ4v) is 5.91. The van der Waals surface area contributed by atoms with Gasteiger partial charge in [0.05, 0.1) is 28.7 Å². The van der Waals surface area contributed by atoms with Gasteiger partial charge in [0.15, 0.2) is 11.5 Å². The highest BCUT2D eigenvalue weighted by molar-refractivity contribution is 5.89. The lowest BCUT2D eigenvalue weighted by molar-refractivity contribution is 0.327. The fraction of sp³-hybridized carbons (Fsp3) is 0.0789. The standard InChI is InChI=1S/C38H31N5O5/c1-21-26(23-9-12-31(42-19-23)29-7-3-5-15-40-29)16-25(22-8-11-30(41-18-22)28-6-2-4-14-39-28)17-27(21)24-10-13-32(43-20-24)33-34(44)36(46)38(48)37(47)35(33)45/h2-19,29,40,43-48H,20H2,1H3. The number of allylic oxidation sites excluding steroid dienone is 4. The zero-order valence-corrected chi connectivity index (χ0v) is 25.8. The molecule has 0 saturated heterocycles. The van der Waals surface area contributed by atoms with E-state index in [1.54, 1.807) is 12.3 Å². The number of dihydropyridines is 2. The van der Waals surface area contributed by atoms with Crippen molar-refractivity contribution in [3.8, 4) is 62.4 Å². The van der Waals surface area contributed by atoms with E-state index in [1.165, 1.54) is 0 Å². The van der Waals surface area contributed by atoms with Gasteiger partial charge < -0.3 is 36.2 Å². The van der Waals surface area contributed by atoms with Gasteiger partial charge in [0.2, 0.25) is 17.2 Å². The molecule has 2 aliphatic rings. The molecule has 2 aliphatic heterocycles. The summed E-state index contributed by atoms with van der Waals surface area (Å²) in [6.07, 6.45) is 16.8. The van der Waals surface area contributed by atoms with Crippen LogP contribution in [0.4, 0.5) is 0 Å². The second-order valence-electron chi connectivity index (χ2n) is 11.4. The van der Waals surface area contributed by atoms with E-state index in [0.717, 1.165) is 56.0 Å². The maximum Gasteiger partial charge on any atom is 0.208 e. The molecule has 48 heavy (non-hydrogen) atoms. The number of phenols is 5. The Kier molecular flexibility index (Phi) is 7.74. The van der Waals surface area contributed by atoms with Crippen LogP contribution in [0.5, 0.6) is 28.7 Å². The van der Waals surface area contributed by atoms with Crippen LogP contribution in [-0.2, 0) is 0 Å². The SMILES string of the molecule is Cc1c(C2=CC=C(c3c(O)c(O)c(O)c(O)c3O)NC2)cc(-c2ccc(-c3ccccn3)nc2)cc1-c1ccc(C2C=CC=CN2)nc1. The fourth-order valence-electron chi connectivity index (χ4n) is 5.91. The smallest absolute Gasteiger partial charge is 0.208 e. The molecular weight excluding hydrogens is 606 g/mol. The summed E-state index contributed by atoms with van der Waals surface area (Å²) in [7, 11) is 0. The number of aromatic nitrogens is 3. The van der Waals surface area contributed by atoms with Crippen LogP contribution < -0.4 is 10.6 Å². The van der Waals surface area contributed by atoms with Crippen LogP contribution in [-0.4, -0.2) is 47.0 Å². The van der Waals surface area contributed by atoms with Crippen LogP contribution in [0.2, 0.25) is 0 Å². The van der Waals surface area contributed by atoms with E-state index in [2.05, 4.69) is 46.8 Å². The van der Waals surface area contributed by atoms with Gasteiger partial charge in [-0.15, -0.1) is 0 Å². The predicted molar refractivity (Wildman–Crippen MR) is 184 cm³/mol. The molecule has 1 unspecified atom stereocenters. The number of nitrogens with one attached hydrogen (secondary N) is 2. The van der Waals surface area contributed by atoms with Gasteiger partial charge in [-0.05, 0) is 89.5 Å². The quantitative estimate of drug-likeness (QED) is 0.0813. The lowest BCUT2D eigenvalue weighted by Gasteiger charge is -2.23. The van der Waals surface area contributed by atoms with E-state index in [9.17, 15) is 25.5 Å². The van der Waals surface area contributed by atoms with E-state index in [4.69, 9.17) is 9.97 Å². The van der Waals surface area contributed by atoms with Gasteiger partial charge in [-0.2, -0.15) is 0 Å². The zero-order chi connectivity index (χ0) is 33.4. The third-order valence-electron chi connectivity index (χ3n) is 8.54. The number of benzene rings is 2. The molecule has 0 aliphatic carbocycles. The second kappa shape index (κ2) is 12.3. The van der Waals surface area contributed by atoms with Crippen molar-refractivity contribution in [1.82, 2.24) is 25.6 Å². The molecule has 5 aromatic rings. The van der Waals surface area contributed by atoms with Gasteiger partial charge in [-0.3, -0.25) is 15.0 Å². The summed E-state index contributed by atoms with van der Waals surface area (Å²) >= 11 is 0. The molecule has 7 rings (SSSR count). The molecule has 0 saturated carbocycles. The van der Waals surface area contributed by atoms with Gasteiger partial charge >= 0.3 is 0 Å². The minimum atomic E-state index is -1.00. The molecule has 0 amide bonds. The largest absolute Gasteiger partial charge is 0.504 e. The van der Waals surface area contributed by atoms with Crippen LogP contribution >= 0.6 is 0 Å². The molecule has 7 N–H and O–H groups in total. The van der Waals surface area contributed by atoms with Crippen molar-refractivity contribution < 1.29 is 25.5 Å². The zero-order valence-electron chi connectivity index (χ0n) is 25.8. The first-order chi connectivity index (χ1) is 23.3. The lowest BCUT2D eigenvalue weighted by Crippen LogP contribution is -2.19. The normalized spacial score (nSPS) is 15.3. The average molecular weight is 638 g/mol. The Balaban J connectivity index is 1.31. The number of pyridine rings is 3. The van der Waals surface area contributed by atoms with Gasteiger partial charge in [0.1, 0.15) is 0 Å². The van der Waals surface area contributed by atoms with Crippen LogP contribution in [0.15, 0.2) is 110 Å². The van der Waals surface area contributed by atoms with E-state index < -0.39 is 28.7 Å². The Morgan fingerprint density at radius 1 is 0.688 bits per heavy atom. The predicted octanol–water partition coefficient (Wildman–Crippen LogP) is 6.45. The summed E-state index contributed by atoms with van der Waals surface area (Å²) in [6, 6.07) is 18.0. The van der Waals surface area contributed by atoms with Crippen LogP contribution in [0, 0.1) is 6.92 Å². The molecule has 238 valence electrons. The second-order valence-corrected chi connectivity index (χ2v) is 11.4. The Morgan fingerprint density at radius 2 is 1.42 bits per heavy atom. The Morgan fingerprint density at radius 3 is 2.04 bits per heavy atom. The number of rotatable bonds is 6. The summed E-state index contributed by atoms with van der Waals surface area (Å²) in [5.74, 6) is -4.38. The maximum atomic E-state index is 10.5. The van der Waals surface area contributed by atoms with Gasteiger partial charge in [-0.1, -0.05) is 36.4 Å². The maximum absolute atomic E-state index is 10.5. The van der Waals surface area contributed by atoms with Crippen molar-refractivity contribution in [2.45, 2.75) is 13.0 Å². The number of hydrogen-bond donors (Lipinski definition) is 7. The van der Waals surface area contributed by atoms with Crippen molar-refractivity contribution in [1.29, 1.82) is 0 Å². The number of aromatic hydroxyl groups is 5. The summed E-state index contributed by atoms with van der Waals surface area (Å²) in [5.41, 5.74) is 9.14. The first kappa shape index (κ1) is 30.1. The first-order valence-electron chi connectivity index (χ1n) is 15.2. The van der Waals surface area contributed by atoms with Gasteiger partial charge in [0.25, 0.3) is 0 Å². The molecule has 0 fully saturated rings. The van der Waals surface area contributed by atoms with Crippen molar-refractivity contribution in [2.24, 2.45) is 0 Å². The Labute approximate surface area is 276 Å². The molecule has 5 heterocycles. The molecular formula is C38H31N5O5. The Hall–Kier alpha value is -6.55. The Bertz CT molecular complexity index is 2130. The minimum Gasteiger partial charge on any atom is -0.504 e. The highest BCUT2D eigenvalue weighted by atomic mass is 16.4. The first-order valence-corrected chi connectivity index (χ1v) is 15.2. The third kappa shape index (κ3) is 5.45. The molecule has 3 aromatic heterocycles. The molecule has 10 heteroatoms. The summed E-state index contributed by atoms with van der Waals surface area (Å²) in [4.78, 5) is 13.9. The summed E-state index contributed by atoms with van der Waals surface area (Å²) in [5, 5.41) is 57.4. The van der Waals surface area contributed by atoms with Gasteiger partial charge in [-0.25, -0.2) is 0 Å². The van der Waals surface area contributed by atoms with Crippen molar-refractivity contribution >= 4 is 11.3 Å². The lowest BCUT2D eigenvalue weighted by atomic mass is 9.88. The topological polar surface area (TPSA) is 164 Å². The number of phenolic OH excluding ortho intramolecular Hbond substituents is 5. The average Bonchev–Trinajstić information content (AvgIpc) is 3.14. The highest BCUT2D eigenvalue weighted by Crippen LogP contribution is 2.53. The van der Waals surface area contributed by atoms with Gasteiger partial charge in [0, 0.05) is 42.0 Å². The van der Waals surface area contributed by atoms with Crippen LogP contribution in [0.1, 0.15) is 28.4 Å². The van der Waals surface area contributed by atoms with Crippen molar-refractivity contribution in [2.75, 3.05) is 6.54 Å². The summed E-state index contributed by atoms with van der Waals surface area (Å²) < 4.78 is 0. The van der Waals surface area contributed by atoms with E-state index in [1.807, 2.05) is 73.2 Å². The van der Waals surface area contributed by atoms with E-state index in [-0.39, 0.29) is 23.8 Å². The van der Waals surface area contributed by atoms with Crippen LogP contribution in [0.3, 0.4) is 0 Å². The number of hydrogen-bond acceptors (Lipinski definition) is 10. The monoisotopic (exact) mass is 637 g/mol.